The molecule has 27 heavy (non-hydrogen) atoms. The number of carbonyl (C=O) groups excluding carboxylic acids is 2. The summed E-state index contributed by atoms with van der Waals surface area (Å²) in [7, 11) is 0. The highest BCUT2D eigenvalue weighted by molar-refractivity contribution is 5.75. The Hall–Kier alpha value is -1.26. The molecule has 0 fully saturated rings. The molecule has 160 valence electrons. The lowest BCUT2D eigenvalue weighted by Crippen LogP contribution is -2.18. The molecule has 0 rings (SSSR count). The summed E-state index contributed by atoms with van der Waals surface area (Å²) in [5.41, 5.74) is 0. The zero-order valence-corrected chi connectivity index (χ0v) is 16.7. The predicted molar refractivity (Wildman–Crippen MR) is 98.6 cm³/mol. The molecule has 0 aliphatic rings. The van der Waals surface area contributed by atoms with Crippen molar-refractivity contribution in [1.82, 2.24) is 5.32 Å². The minimum atomic E-state index is -0.598. The summed E-state index contributed by atoms with van der Waals surface area (Å²) in [6.07, 6.45) is 2.16. The average molecular weight is 393 g/mol. The number of nitrogens with one attached hydrogen (secondary N) is 1. The van der Waals surface area contributed by atoms with E-state index in [1.165, 1.54) is 6.92 Å². The Morgan fingerprint density at radius 1 is 0.704 bits per heavy atom. The van der Waals surface area contributed by atoms with E-state index in [9.17, 15) is 9.59 Å². The van der Waals surface area contributed by atoms with Gasteiger partial charge in [-0.1, -0.05) is 6.92 Å². The molecule has 0 amide bonds. The number of hydrogen-bond donors (Lipinski definition) is 1. The molecule has 0 aromatic heterocycles. The molecule has 0 saturated carbocycles. The van der Waals surface area contributed by atoms with Crippen LogP contribution in [0.1, 0.15) is 26.7 Å². The van der Waals surface area contributed by atoms with Gasteiger partial charge in [0.05, 0.1) is 46.2 Å². The molecule has 0 bridgehead atoms. The van der Waals surface area contributed by atoms with Gasteiger partial charge in [0, 0.05) is 13.5 Å². The molecule has 0 radical (unpaired) electrons. The Kier molecular flexibility index (Phi) is 20.1. The molecule has 0 aliphatic carbocycles. The summed E-state index contributed by atoms with van der Waals surface area (Å²) in [5.74, 6) is -1.12. The highest BCUT2D eigenvalue weighted by Crippen LogP contribution is 1.87. The summed E-state index contributed by atoms with van der Waals surface area (Å²) < 4.78 is 30.7. The first-order valence-electron chi connectivity index (χ1n) is 9.47. The third kappa shape index (κ3) is 22.7. The molecule has 0 atom stereocenters. The molecule has 0 spiro atoms. The van der Waals surface area contributed by atoms with Gasteiger partial charge in [-0.3, -0.25) is 4.79 Å². The quantitative estimate of drug-likeness (QED) is 0.235. The summed E-state index contributed by atoms with van der Waals surface area (Å²) in [5, 5.41) is 3.32. The lowest BCUT2D eigenvalue weighted by Gasteiger charge is -2.08. The maximum atomic E-state index is 11.1. The molecule has 9 nitrogen and oxygen atoms in total. The number of hydrogen-bond acceptors (Lipinski definition) is 9. The number of carbonyl (C=O) groups is 2. The largest absolute Gasteiger partial charge is 0.461 e. The van der Waals surface area contributed by atoms with Gasteiger partial charge in [-0.2, -0.15) is 0 Å². The van der Waals surface area contributed by atoms with Crippen LogP contribution < -0.4 is 5.32 Å². The van der Waals surface area contributed by atoms with Crippen LogP contribution >= 0.6 is 0 Å². The first-order valence-corrected chi connectivity index (χ1v) is 9.47. The van der Waals surface area contributed by atoms with E-state index in [0.717, 1.165) is 32.5 Å². The van der Waals surface area contributed by atoms with Crippen LogP contribution in [0, 0.1) is 0 Å². The summed E-state index contributed by atoms with van der Waals surface area (Å²) >= 11 is 0. The van der Waals surface area contributed by atoms with Crippen LogP contribution in [-0.4, -0.2) is 91.1 Å². The molecular weight excluding hydrogens is 358 g/mol. The maximum Gasteiger partial charge on any atom is 0.344 e. The van der Waals surface area contributed by atoms with Crippen LogP contribution in [0.25, 0.3) is 0 Å². The highest BCUT2D eigenvalue weighted by atomic mass is 16.6. The maximum absolute atomic E-state index is 11.1. The van der Waals surface area contributed by atoms with E-state index >= 15 is 0 Å². The van der Waals surface area contributed by atoms with Crippen LogP contribution in [-0.2, 0) is 38.0 Å². The van der Waals surface area contributed by atoms with E-state index in [1.54, 1.807) is 0 Å². The molecular formula is C18H35NO8. The minimum Gasteiger partial charge on any atom is -0.461 e. The van der Waals surface area contributed by atoms with Gasteiger partial charge in [0.25, 0.3) is 0 Å². The topological polar surface area (TPSA) is 102 Å². The molecule has 0 aromatic rings. The number of esters is 2. The number of rotatable bonds is 20. The molecule has 0 aromatic carbocycles. The summed E-state index contributed by atoms with van der Waals surface area (Å²) in [4.78, 5) is 21.6. The van der Waals surface area contributed by atoms with Crippen molar-refractivity contribution >= 4 is 11.9 Å². The third-order valence-corrected chi connectivity index (χ3v) is 3.07. The Morgan fingerprint density at radius 3 is 1.74 bits per heavy atom. The zero-order chi connectivity index (χ0) is 20.0. The van der Waals surface area contributed by atoms with Crippen LogP contribution in [0.3, 0.4) is 0 Å². The lowest BCUT2D eigenvalue weighted by atomic mass is 10.4. The standard InChI is InChI=1S/C18H35NO8/c1-3-5-19-6-4-7-22-8-9-23-10-11-24-12-13-25-14-15-26-18(21)16-27-17(2)20/h19H,3-16H2,1-2H3. The Labute approximate surface area is 161 Å². The van der Waals surface area contributed by atoms with Gasteiger partial charge in [-0.05, 0) is 25.9 Å². The normalized spacial score (nSPS) is 10.7. The van der Waals surface area contributed by atoms with Crippen molar-refractivity contribution in [2.24, 2.45) is 0 Å². The molecule has 0 unspecified atom stereocenters. The Balaban J connectivity index is 3.09. The fourth-order valence-corrected chi connectivity index (χ4v) is 1.78. The molecule has 0 saturated heterocycles. The van der Waals surface area contributed by atoms with Gasteiger partial charge < -0.3 is 33.7 Å². The van der Waals surface area contributed by atoms with Gasteiger partial charge in [-0.15, -0.1) is 0 Å². The van der Waals surface area contributed by atoms with Crippen molar-refractivity contribution in [3.05, 3.63) is 0 Å². The van der Waals surface area contributed by atoms with Crippen molar-refractivity contribution in [2.75, 3.05) is 79.2 Å². The van der Waals surface area contributed by atoms with Gasteiger partial charge >= 0.3 is 11.9 Å². The van der Waals surface area contributed by atoms with Crippen LogP contribution in [0.5, 0.6) is 0 Å². The second-order valence-corrected chi connectivity index (χ2v) is 5.55. The lowest BCUT2D eigenvalue weighted by molar-refractivity contribution is -0.158. The minimum absolute atomic E-state index is 0.109. The van der Waals surface area contributed by atoms with Gasteiger partial charge in [0.2, 0.25) is 0 Å². The average Bonchev–Trinajstić information content (AvgIpc) is 2.65. The fourth-order valence-electron chi connectivity index (χ4n) is 1.78. The monoisotopic (exact) mass is 393 g/mol. The van der Waals surface area contributed by atoms with Crippen molar-refractivity contribution in [1.29, 1.82) is 0 Å². The first-order chi connectivity index (χ1) is 13.2. The van der Waals surface area contributed by atoms with Crippen LogP contribution in [0.2, 0.25) is 0 Å². The first kappa shape index (κ1) is 25.7. The van der Waals surface area contributed by atoms with E-state index < -0.39 is 11.9 Å². The fraction of sp³-hybridized carbons (Fsp3) is 0.889. The van der Waals surface area contributed by atoms with Crippen molar-refractivity contribution in [3.8, 4) is 0 Å². The molecule has 1 N–H and O–H groups in total. The SMILES string of the molecule is CCCNCCCOCCOCCOCCOCCOC(=O)COC(C)=O. The van der Waals surface area contributed by atoms with Gasteiger partial charge in [0.15, 0.2) is 6.61 Å². The van der Waals surface area contributed by atoms with Crippen LogP contribution in [0.15, 0.2) is 0 Å². The molecule has 0 aliphatic heterocycles. The third-order valence-electron chi connectivity index (χ3n) is 3.07. The van der Waals surface area contributed by atoms with Crippen molar-refractivity contribution < 1.29 is 38.0 Å². The van der Waals surface area contributed by atoms with Gasteiger partial charge in [0.1, 0.15) is 6.61 Å². The second-order valence-electron chi connectivity index (χ2n) is 5.55. The molecule has 0 heterocycles. The summed E-state index contributed by atoms with van der Waals surface area (Å²) in [6, 6.07) is 0. The Morgan fingerprint density at radius 2 is 1.22 bits per heavy atom. The van der Waals surface area contributed by atoms with E-state index in [1.807, 2.05) is 0 Å². The predicted octanol–water partition coefficient (Wildman–Crippen LogP) is 0.549. The van der Waals surface area contributed by atoms with Gasteiger partial charge in [-0.25, -0.2) is 4.79 Å². The smallest absolute Gasteiger partial charge is 0.344 e. The van der Waals surface area contributed by atoms with Crippen molar-refractivity contribution in [3.63, 3.8) is 0 Å². The van der Waals surface area contributed by atoms with E-state index in [4.69, 9.17) is 23.7 Å². The van der Waals surface area contributed by atoms with E-state index in [0.29, 0.717) is 39.6 Å². The Bertz CT molecular complexity index is 354. The van der Waals surface area contributed by atoms with Crippen molar-refractivity contribution in [2.45, 2.75) is 26.7 Å². The highest BCUT2D eigenvalue weighted by Gasteiger charge is 2.04. The summed E-state index contributed by atoms with van der Waals surface area (Å²) in [6.45, 7) is 9.13. The van der Waals surface area contributed by atoms with Crippen LogP contribution in [0.4, 0.5) is 0 Å². The second kappa shape index (κ2) is 21.0. The zero-order valence-electron chi connectivity index (χ0n) is 16.7. The number of ether oxygens (including phenoxy) is 6. The van der Waals surface area contributed by atoms with E-state index in [2.05, 4.69) is 17.0 Å². The molecule has 9 heteroatoms. The van der Waals surface area contributed by atoms with E-state index in [-0.39, 0.29) is 19.8 Å².